The van der Waals surface area contributed by atoms with Gasteiger partial charge in [0.05, 0.1) is 0 Å². The summed E-state index contributed by atoms with van der Waals surface area (Å²) in [7, 11) is 0. The fraction of sp³-hybridized carbons (Fsp3) is 0.417. The van der Waals surface area contributed by atoms with Crippen LogP contribution in [0.25, 0.3) is 0 Å². The van der Waals surface area contributed by atoms with Gasteiger partial charge in [0.1, 0.15) is 0 Å². The number of nitrogens with zero attached hydrogens (tertiary/aromatic N) is 4. The first-order chi connectivity index (χ1) is 15.0. The Labute approximate surface area is 189 Å². The van der Waals surface area contributed by atoms with E-state index >= 15 is 0 Å². The van der Waals surface area contributed by atoms with E-state index in [9.17, 15) is 0 Å². The van der Waals surface area contributed by atoms with Gasteiger partial charge in [-0.1, -0.05) is 0 Å². The number of aryl methyl sites for hydroxylation is 1. The van der Waals surface area contributed by atoms with Crippen LogP contribution < -0.4 is 15.1 Å². The first kappa shape index (κ1) is 19.4. The van der Waals surface area contributed by atoms with Gasteiger partial charge in [-0.05, 0) is 0 Å². The molecule has 3 aromatic rings. The van der Waals surface area contributed by atoms with Gasteiger partial charge >= 0.3 is 190 Å². The van der Waals surface area contributed by atoms with Crippen LogP contribution in [-0.4, -0.2) is 35.9 Å². The summed E-state index contributed by atoms with van der Waals surface area (Å²) < 4.78 is 7.81. The molecule has 3 atom stereocenters. The molecule has 2 aliphatic carbocycles. The maximum absolute atomic E-state index is 7.55. The second kappa shape index (κ2) is 6.58. The van der Waals surface area contributed by atoms with E-state index in [-0.39, 0.29) is 5.92 Å². The Morgan fingerprint density at radius 1 is 1.19 bits per heavy atom. The summed E-state index contributed by atoms with van der Waals surface area (Å²) in [6.45, 7) is 4.25. The van der Waals surface area contributed by atoms with E-state index in [0.717, 1.165) is 69.8 Å². The molecule has 7 heteroatoms. The average molecular weight is 477 g/mol. The zero-order valence-corrected chi connectivity index (χ0v) is 19.3. The second-order valence-electron chi connectivity index (χ2n) is 8.98. The van der Waals surface area contributed by atoms with Gasteiger partial charge in [-0.15, -0.1) is 0 Å². The first-order valence-electron chi connectivity index (χ1n) is 10.9. The number of nitrogens with two attached hydrogens (primary N) is 1. The molecule has 1 radical (unpaired) electrons. The SMILES string of the molecule is CCC[C@@H]1c2c([Se])nc(C3CC3)nc2[C@@]2(N)c3c(C)cncc3O[C@@]12c1cccnc1. The van der Waals surface area contributed by atoms with Crippen molar-refractivity contribution in [3.8, 4) is 5.75 Å². The van der Waals surface area contributed by atoms with E-state index in [1.807, 2.05) is 18.5 Å². The minimum atomic E-state index is -0.946. The molecule has 6 rings (SSSR count). The predicted octanol–water partition coefficient (Wildman–Crippen LogP) is 2.63. The van der Waals surface area contributed by atoms with Crippen molar-refractivity contribution in [2.75, 3.05) is 0 Å². The number of hydrogen-bond acceptors (Lipinski definition) is 6. The number of fused-ring (bicyclic) bond motifs is 5. The molecule has 0 unspecified atom stereocenters. The van der Waals surface area contributed by atoms with Crippen LogP contribution in [0.3, 0.4) is 0 Å². The zero-order chi connectivity index (χ0) is 21.4. The van der Waals surface area contributed by atoms with Gasteiger partial charge in [0.2, 0.25) is 0 Å². The minimum absolute atomic E-state index is 0.00185. The summed E-state index contributed by atoms with van der Waals surface area (Å²) in [5, 5.41) is 0. The summed E-state index contributed by atoms with van der Waals surface area (Å²) in [5.74, 6) is 2.07. The van der Waals surface area contributed by atoms with Crippen LogP contribution in [0.1, 0.15) is 78.2 Å². The predicted molar refractivity (Wildman–Crippen MR) is 118 cm³/mol. The zero-order valence-electron chi connectivity index (χ0n) is 17.6. The molecule has 0 saturated heterocycles. The van der Waals surface area contributed by atoms with Gasteiger partial charge in [0.15, 0.2) is 0 Å². The molecule has 0 aromatic carbocycles. The Kier molecular flexibility index (Phi) is 4.11. The van der Waals surface area contributed by atoms with Gasteiger partial charge < -0.3 is 0 Å². The molecular formula is C24H24N5OSe. The van der Waals surface area contributed by atoms with E-state index in [2.05, 4.69) is 45.9 Å². The Bertz CT molecular complexity index is 1200. The van der Waals surface area contributed by atoms with Crippen molar-refractivity contribution in [3.63, 3.8) is 0 Å². The van der Waals surface area contributed by atoms with E-state index in [0.29, 0.717) is 5.92 Å². The molecule has 3 aliphatic rings. The third-order valence-electron chi connectivity index (χ3n) is 7.10. The average Bonchev–Trinajstić information content (AvgIpc) is 3.54. The molecule has 1 fully saturated rings. The van der Waals surface area contributed by atoms with Crippen LogP contribution in [0.2, 0.25) is 0 Å². The molecule has 0 spiro atoms. The van der Waals surface area contributed by atoms with Crippen LogP contribution in [0.5, 0.6) is 5.75 Å². The van der Waals surface area contributed by atoms with E-state index < -0.39 is 11.1 Å². The van der Waals surface area contributed by atoms with Gasteiger partial charge in [-0.3, -0.25) is 0 Å². The first-order valence-corrected chi connectivity index (χ1v) is 11.8. The monoisotopic (exact) mass is 478 g/mol. The van der Waals surface area contributed by atoms with Crippen molar-refractivity contribution in [1.82, 2.24) is 19.9 Å². The Hall–Kier alpha value is -2.34. The van der Waals surface area contributed by atoms with Crippen LogP contribution in [-0.2, 0) is 11.1 Å². The molecular weight excluding hydrogens is 453 g/mol. The number of ether oxygens (including phenoxy) is 1. The summed E-state index contributed by atoms with van der Waals surface area (Å²) in [6, 6.07) is 4.03. The molecule has 3 aromatic heterocycles. The molecule has 4 heterocycles. The molecule has 0 bridgehead atoms. The van der Waals surface area contributed by atoms with Gasteiger partial charge in [0.25, 0.3) is 0 Å². The van der Waals surface area contributed by atoms with Crippen molar-refractivity contribution in [3.05, 3.63) is 70.7 Å². The fourth-order valence-corrected chi connectivity index (χ4v) is 6.41. The molecule has 1 aliphatic heterocycles. The van der Waals surface area contributed by atoms with Crippen LogP contribution in [0, 0.1) is 6.92 Å². The third kappa shape index (κ3) is 2.37. The van der Waals surface area contributed by atoms with E-state index in [4.69, 9.17) is 20.4 Å². The summed E-state index contributed by atoms with van der Waals surface area (Å²) >= 11 is 3.24. The Morgan fingerprint density at radius 2 is 2.03 bits per heavy atom. The molecule has 157 valence electrons. The van der Waals surface area contributed by atoms with Crippen molar-refractivity contribution in [2.45, 2.75) is 62.5 Å². The fourth-order valence-electron chi connectivity index (χ4n) is 5.72. The van der Waals surface area contributed by atoms with Crippen LogP contribution in [0.15, 0.2) is 36.9 Å². The van der Waals surface area contributed by atoms with Crippen molar-refractivity contribution < 1.29 is 4.74 Å². The molecule has 31 heavy (non-hydrogen) atoms. The summed E-state index contributed by atoms with van der Waals surface area (Å²) in [4.78, 5) is 18.9. The number of rotatable bonds is 4. The van der Waals surface area contributed by atoms with Crippen molar-refractivity contribution >= 4 is 20.6 Å². The standard InChI is InChI=1S/C24H24N5OSe/c1-3-5-16-18-20(28-21(14-7-8-14)29-22(18)31)23(25)19-13(2)10-27-12-17(19)30-24(16,23)15-6-4-9-26-11-15/h4,6,9-12,14,16H,3,5,7-8,25H2,1-2H3/t16-,23+,24+/m1/s1. The number of aromatic nitrogens is 4. The van der Waals surface area contributed by atoms with Gasteiger partial charge in [-0.2, -0.15) is 0 Å². The van der Waals surface area contributed by atoms with Crippen molar-refractivity contribution in [1.29, 1.82) is 0 Å². The number of hydrogen-bond donors (Lipinski definition) is 1. The van der Waals surface area contributed by atoms with Crippen LogP contribution in [0.4, 0.5) is 0 Å². The van der Waals surface area contributed by atoms with Crippen molar-refractivity contribution in [2.24, 2.45) is 5.73 Å². The quantitative estimate of drug-likeness (QED) is 0.582. The normalized spacial score (nSPS) is 28.0. The van der Waals surface area contributed by atoms with Gasteiger partial charge in [-0.25, -0.2) is 0 Å². The molecule has 6 nitrogen and oxygen atoms in total. The molecule has 1 saturated carbocycles. The molecule has 2 N–H and O–H groups in total. The molecule has 0 amide bonds. The number of pyridine rings is 2. The van der Waals surface area contributed by atoms with Crippen LogP contribution >= 0.6 is 0 Å². The summed E-state index contributed by atoms with van der Waals surface area (Å²) in [5.41, 5.74) is 10.7. The maximum atomic E-state index is 7.55. The van der Waals surface area contributed by atoms with E-state index in [1.165, 1.54) is 0 Å². The third-order valence-corrected chi connectivity index (χ3v) is 7.76. The summed E-state index contributed by atoms with van der Waals surface area (Å²) in [6.07, 6.45) is 11.5. The van der Waals surface area contributed by atoms with Gasteiger partial charge in [0, 0.05) is 0 Å². The topological polar surface area (TPSA) is 86.8 Å². The second-order valence-corrected chi connectivity index (χ2v) is 9.79. The van der Waals surface area contributed by atoms with E-state index in [1.54, 1.807) is 12.4 Å². The Morgan fingerprint density at radius 3 is 2.74 bits per heavy atom. The Balaban J connectivity index is 1.74.